The van der Waals surface area contributed by atoms with Crippen LogP contribution in [0.3, 0.4) is 0 Å². The molecular weight excluding hydrogens is 341 g/mol. The molecule has 1 amide bonds. The van der Waals surface area contributed by atoms with Gasteiger partial charge in [0.05, 0.1) is 5.69 Å². The van der Waals surface area contributed by atoms with E-state index in [1.165, 1.54) is 11.0 Å². The summed E-state index contributed by atoms with van der Waals surface area (Å²) in [6.45, 7) is 6.75. The van der Waals surface area contributed by atoms with Gasteiger partial charge in [0.1, 0.15) is 11.4 Å². The zero-order valence-electron chi connectivity index (χ0n) is 12.7. The van der Waals surface area contributed by atoms with Crippen LogP contribution in [0.15, 0.2) is 16.7 Å². The minimum Gasteiger partial charge on any atom is -0.444 e. The number of rotatable bonds is 5. The number of ether oxygens (including phenoxy) is 1. The highest BCUT2D eigenvalue weighted by Gasteiger charge is 2.19. The van der Waals surface area contributed by atoms with E-state index in [9.17, 15) is 9.18 Å². The van der Waals surface area contributed by atoms with E-state index >= 15 is 0 Å². The average molecular weight is 362 g/mol. The standard InChI is InChI=1S/C14H21BrFN3O2/c1-14(2,3)21-13(20)19(4)6-5-17-9-12-11(16)7-10(15)8-18-12/h7-8,17H,5-6,9H2,1-4H3. The number of nitrogens with zero attached hydrogens (tertiary/aromatic N) is 2. The average Bonchev–Trinajstić information content (AvgIpc) is 2.34. The molecule has 0 saturated carbocycles. The summed E-state index contributed by atoms with van der Waals surface area (Å²) in [6, 6.07) is 1.37. The van der Waals surface area contributed by atoms with E-state index in [-0.39, 0.29) is 11.9 Å². The van der Waals surface area contributed by atoms with Crippen LogP contribution in [0.1, 0.15) is 26.5 Å². The van der Waals surface area contributed by atoms with Gasteiger partial charge in [0.15, 0.2) is 0 Å². The number of carbonyl (C=O) groups is 1. The molecule has 0 atom stereocenters. The van der Waals surface area contributed by atoms with Crippen molar-refractivity contribution in [1.29, 1.82) is 0 Å². The van der Waals surface area contributed by atoms with Gasteiger partial charge in [-0.1, -0.05) is 0 Å². The van der Waals surface area contributed by atoms with Crippen LogP contribution in [0.4, 0.5) is 9.18 Å². The smallest absolute Gasteiger partial charge is 0.410 e. The third kappa shape index (κ3) is 6.86. The molecule has 7 heteroatoms. The minimum absolute atomic E-state index is 0.307. The molecule has 0 unspecified atom stereocenters. The van der Waals surface area contributed by atoms with E-state index in [2.05, 4.69) is 26.2 Å². The summed E-state index contributed by atoms with van der Waals surface area (Å²) in [5, 5.41) is 3.04. The SMILES string of the molecule is CN(CCNCc1ncc(Br)cc1F)C(=O)OC(C)(C)C. The Hall–Kier alpha value is -1.21. The first-order valence-electron chi connectivity index (χ1n) is 6.64. The largest absolute Gasteiger partial charge is 0.444 e. The van der Waals surface area contributed by atoms with Crippen LogP contribution in [0.2, 0.25) is 0 Å². The fourth-order valence-corrected chi connectivity index (χ4v) is 1.76. The lowest BCUT2D eigenvalue weighted by atomic mass is 10.2. The Kier molecular flexibility index (Phi) is 6.54. The number of aromatic nitrogens is 1. The van der Waals surface area contributed by atoms with Gasteiger partial charge in [0, 0.05) is 37.4 Å². The molecule has 1 aromatic heterocycles. The number of amides is 1. The number of halogens is 2. The number of pyridine rings is 1. The first kappa shape index (κ1) is 17.8. The fraction of sp³-hybridized carbons (Fsp3) is 0.571. The Labute approximate surface area is 133 Å². The van der Waals surface area contributed by atoms with Gasteiger partial charge in [0.2, 0.25) is 0 Å². The summed E-state index contributed by atoms with van der Waals surface area (Å²) in [5.41, 5.74) is -0.165. The predicted molar refractivity (Wildman–Crippen MR) is 82.5 cm³/mol. The summed E-state index contributed by atoms with van der Waals surface area (Å²) in [7, 11) is 1.66. The highest BCUT2D eigenvalue weighted by molar-refractivity contribution is 9.10. The molecule has 1 N–H and O–H groups in total. The summed E-state index contributed by atoms with van der Waals surface area (Å²) in [6.07, 6.45) is 1.17. The lowest BCUT2D eigenvalue weighted by Gasteiger charge is -2.24. The van der Waals surface area contributed by atoms with Gasteiger partial charge >= 0.3 is 6.09 Å². The van der Waals surface area contributed by atoms with Gasteiger partial charge in [-0.25, -0.2) is 9.18 Å². The molecule has 0 aliphatic heterocycles. The molecular formula is C14H21BrFN3O2. The van der Waals surface area contributed by atoms with Crippen molar-refractivity contribution in [3.63, 3.8) is 0 Å². The normalized spacial score (nSPS) is 11.3. The Bertz CT molecular complexity index is 492. The van der Waals surface area contributed by atoms with Gasteiger partial charge in [0.25, 0.3) is 0 Å². The molecule has 118 valence electrons. The molecule has 0 aromatic carbocycles. The van der Waals surface area contributed by atoms with Crippen molar-refractivity contribution in [2.75, 3.05) is 20.1 Å². The van der Waals surface area contributed by atoms with E-state index in [4.69, 9.17) is 4.74 Å². The van der Waals surface area contributed by atoms with Crippen molar-refractivity contribution in [3.8, 4) is 0 Å². The van der Waals surface area contributed by atoms with Crippen molar-refractivity contribution in [2.24, 2.45) is 0 Å². The summed E-state index contributed by atoms with van der Waals surface area (Å²) in [5.74, 6) is -0.364. The topological polar surface area (TPSA) is 54.5 Å². The zero-order valence-corrected chi connectivity index (χ0v) is 14.3. The maximum atomic E-state index is 13.5. The Morgan fingerprint density at radius 2 is 2.19 bits per heavy atom. The molecule has 0 spiro atoms. The number of likely N-dealkylation sites (N-methyl/N-ethyl adjacent to an activating group) is 1. The van der Waals surface area contributed by atoms with E-state index in [1.807, 2.05) is 20.8 Å². The minimum atomic E-state index is -0.511. The highest BCUT2D eigenvalue weighted by atomic mass is 79.9. The van der Waals surface area contributed by atoms with Crippen LogP contribution >= 0.6 is 15.9 Å². The van der Waals surface area contributed by atoms with Gasteiger partial charge in [-0.05, 0) is 42.8 Å². The second-order valence-electron chi connectivity index (χ2n) is 5.66. The number of hydrogen-bond donors (Lipinski definition) is 1. The van der Waals surface area contributed by atoms with Crippen LogP contribution in [0.5, 0.6) is 0 Å². The summed E-state index contributed by atoms with van der Waals surface area (Å²) < 4.78 is 19.4. The molecule has 0 radical (unpaired) electrons. The Morgan fingerprint density at radius 3 is 2.76 bits per heavy atom. The van der Waals surface area contributed by atoms with Crippen molar-refractivity contribution >= 4 is 22.0 Å². The third-order valence-corrected chi connectivity index (χ3v) is 2.94. The summed E-state index contributed by atoms with van der Waals surface area (Å²) in [4.78, 5) is 17.2. The Balaban J connectivity index is 2.32. The maximum Gasteiger partial charge on any atom is 0.410 e. The quantitative estimate of drug-likeness (QED) is 0.819. The Morgan fingerprint density at radius 1 is 1.52 bits per heavy atom. The molecule has 0 bridgehead atoms. The van der Waals surface area contributed by atoms with Crippen molar-refractivity contribution in [2.45, 2.75) is 32.9 Å². The van der Waals surface area contributed by atoms with Crippen LogP contribution in [-0.2, 0) is 11.3 Å². The van der Waals surface area contributed by atoms with Crippen molar-refractivity contribution in [1.82, 2.24) is 15.2 Å². The van der Waals surface area contributed by atoms with E-state index in [1.54, 1.807) is 13.2 Å². The lowest BCUT2D eigenvalue weighted by Crippen LogP contribution is -2.38. The monoisotopic (exact) mass is 361 g/mol. The maximum absolute atomic E-state index is 13.5. The second kappa shape index (κ2) is 7.70. The molecule has 0 fully saturated rings. The van der Waals surface area contributed by atoms with Crippen LogP contribution < -0.4 is 5.32 Å². The van der Waals surface area contributed by atoms with E-state index < -0.39 is 5.60 Å². The number of hydrogen-bond acceptors (Lipinski definition) is 4. The zero-order chi connectivity index (χ0) is 16.0. The summed E-state index contributed by atoms with van der Waals surface area (Å²) >= 11 is 3.16. The van der Waals surface area contributed by atoms with Crippen LogP contribution in [0.25, 0.3) is 0 Å². The lowest BCUT2D eigenvalue weighted by molar-refractivity contribution is 0.0300. The third-order valence-electron chi connectivity index (χ3n) is 2.51. The van der Waals surface area contributed by atoms with E-state index in [0.29, 0.717) is 29.8 Å². The molecule has 1 heterocycles. The van der Waals surface area contributed by atoms with Gasteiger partial charge in [-0.3, -0.25) is 4.98 Å². The molecule has 0 aliphatic carbocycles. The fourth-order valence-electron chi connectivity index (χ4n) is 1.46. The highest BCUT2D eigenvalue weighted by Crippen LogP contribution is 2.12. The molecule has 0 aliphatic rings. The first-order valence-corrected chi connectivity index (χ1v) is 7.43. The first-order chi connectivity index (χ1) is 9.69. The van der Waals surface area contributed by atoms with Crippen LogP contribution in [0, 0.1) is 5.82 Å². The molecule has 1 rings (SSSR count). The molecule has 21 heavy (non-hydrogen) atoms. The van der Waals surface area contributed by atoms with Crippen molar-refractivity contribution < 1.29 is 13.9 Å². The second-order valence-corrected chi connectivity index (χ2v) is 6.58. The van der Waals surface area contributed by atoms with E-state index in [0.717, 1.165) is 0 Å². The number of nitrogens with one attached hydrogen (secondary N) is 1. The van der Waals surface area contributed by atoms with Gasteiger partial charge in [-0.2, -0.15) is 0 Å². The molecule has 0 saturated heterocycles. The number of carbonyl (C=O) groups excluding carboxylic acids is 1. The van der Waals surface area contributed by atoms with Gasteiger partial charge < -0.3 is 15.0 Å². The van der Waals surface area contributed by atoms with Crippen LogP contribution in [-0.4, -0.2) is 41.7 Å². The van der Waals surface area contributed by atoms with Gasteiger partial charge in [-0.15, -0.1) is 0 Å². The molecule has 1 aromatic rings. The molecule has 5 nitrogen and oxygen atoms in total. The van der Waals surface area contributed by atoms with Crippen molar-refractivity contribution in [3.05, 3.63) is 28.2 Å². The predicted octanol–water partition coefficient (Wildman–Crippen LogP) is 2.94.